The highest BCUT2D eigenvalue weighted by molar-refractivity contribution is 4.60. The highest BCUT2D eigenvalue weighted by Crippen LogP contribution is 1.95. The molecular weight excluding hydrogens is 133 g/mol. The molecule has 0 heterocycles. The maximum absolute atomic E-state index is 11.8. The predicted molar refractivity (Wildman–Crippen MR) is 39.8 cm³/mol. The third-order valence-corrected chi connectivity index (χ3v) is 1.49. The van der Waals surface area contributed by atoms with Crippen LogP contribution >= 0.6 is 0 Å². The fourth-order valence-electron chi connectivity index (χ4n) is 0.865. The Labute approximate surface area is 61.6 Å². The van der Waals surface area contributed by atoms with Gasteiger partial charge in [0.1, 0.15) is 6.67 Å². The molecule has 0 bridgehead atoms. The average Bonchev–Trinajstić information content (AvgIpc) is 1.87. The van der Waals surface area contributed by atoms with Crippen molar-refractivity contribution in [2.45, 2.75) is 19.9 Å². The molecular formula is C7H16FNO. The number of hydrogen-bond donors (Lipinski definition) is 1. The van der Waals surface area contributed by atoms with Crippen LogP contribution in [0.3, 0.4) is 0 Å². The number of rotatable bonds is 5. The van der Waals surface area contributed by atoms with Crippen LogP contribution in [-0.2, 0) is 0 Å². The molecule has 0 atom stereocenters. The summed E-state index contributed by atoms with van der Waals surface area (Å²) in [5, 5.41) is 8.55. The maximum Gasteiger partial charge on any atom is 0.102 e. The summed E-state index contributed by atoms with van der Waals surface area (Å²) in [6.07, 6.45) is 0. The van der Waals surface area contributed by atoms with Crippen LogP contribution in [0.25, 0.3) is 0 Å². The summed E-state index contributed by atoms with van der Waals surface area (Å²) in [5.41, 5.74) is 0. The van der Waals surface area contributed by atoms with Crippen LogP contribution in [0.2, 0.25) is 0 Å². The van der Waals surface area contributed by atoms with Crippen LogP contribution in [0.1, 0.15) is 13.8 Å². The molecule has 2 nitrogen and oxygen atoms in total. The Morgan fingerprint density at radius 2 is 2.00 bits per heavy atom. The van der Waals surface area contributed by atoms with E-state index in [0.29, 0.717) is 19.1 Å². The van der Waals surface area contributed by atoms with Gasteiger partial charge in [-0.15, -0.1) is 0 Å². The number of halogens is 1. The van der Waals surface area contributed by atoms with Gasteiger partial charge in [0, 0.05) is 19.1 Å². The van der Waals surface area contributed by atoms with E-state index in [-0.39, 0.29) is 13.3 Å². The number of hydrogen-bond acceptors (Lipinski definition) is 2. The van der Waals surface area contributed by atoms with Crippen LogP contribution in [-0.4, -0.2) is 42.4 Å². The molecule has 1 N–H and O–H groups in total. The molecule has 3 heteroatoms. The summed E-state index contributed by atoms with van der Waals surface area (Å²) >= 11 is 0. The molecule has 0 radical (unpaired) electrons. The van der Waals surface area contributed by atoms with Crippen molar-refractivity contribution in [1.82, 2.24) is 4.90 Å². The van der Waals surface area contributed by atoms with Crippen LogP contribution in [0.4, 0.5) is 4.39 Å². The zero-order valence-electron chi connectivity index (χ0n) is 6.68. The number of alkyl halides is 1. The van der Waals surface area contributed by atoms with E-state index in [4.69, 9.17) is 5.11 Å². The molecule has 62 valence electrons. The van der Waals surface area contributed by atoms with Gasteiger partial charge in [0.05, 0.1) is 6.61 Å². The number of aliphatic hydroxyl groups is 1. The first kappa shape index (κ1) is 9.85. The van der Waals surface area contributed by atoms with Crippen LogP contribution in [0.5, 0.6) is 0 Å². The third-order valence-electron chi connectivity index (χ3n) is 1.49. The lowest BCUT2D eigenvalue weighted by molar-refractivity contribution is 0.156. The van der Waals surface area contributed by atoms with Crippen LogP contribution in [0.15, 0.2) is 0 Å². The monoisotopic (exact) mass is 149 g/mol. The lowest BCUT2D eigenvalue weighted by Crippen LogP contribution is -2.35. The van der Waals surface area contributed by atoms with Gasteiger partial charge >= 0.3 is 0 Å². The molecule has 0 aromatic rings. The molecule has 0 aliphatic rings. The molecule has 0 saturated heterocycles. The summed E-state index contributed by atoms with van der Waals surface area (Å²) in [6.45, 7) is 4.76. The van der Waals surface area contributed by atoms with E-state index >= 15 is 0 Å². The SMILES string of the molecule is CC(C)N(CCO)CCF. The number of nitrogens with zero attached hydrogens (tertiary/aromatic N) is 1. The lowest BCUT2D eigenvalue weighted by Gasteiger charge is -2.23. The summed E-state index contributed by atoms with van der Waals surface area (Å²) in [6, 6.07) is 0.322. The Kier molecular flexibility index (Phi) is 5.54. The molecule has 0 fully saturated rings. The largest absolute Gasteiger partial charge is 0.395 e. The second-order valence-corrected chi connectivity index (χ2v) is 2.54. The van der Waals surface area contributed by atoms with E-state index in [9.17, 15) is 4.39 Å². The smallest absolute Gasteiger partial charge is 0.102 e. The molecule has 0 aromatic carbocycles. The molecule has 0 aliphatic carbocycles. The molecule has 0 aliphatic heterocycles. The summed E-state index contributed by atoms with van der Waals surface area (Å²) in [7, 11) is 0. The van der Waals surface area contributed by atoms with Gasteiger partial charge in [0.25, 0.3) is 0 Å². The zero-order chi connectivity index (χ0) is 7.98. The third kappa shape index (κ3) is 3.80. The van der Waals surface area contributed by atoms with Gasteiger partial charge in [-0.05, 0) is 13.8 Å². The first-order chi connectivity index (χ1) is 4.72. The summed E-state index contributed by atoms with van der Waals surface area (Å²) in [5.74, 6) is 0. The van der Waals surface area contributed by atoms with Gasteiger partial charge in [0.2, 0.25) is 0 Å². The first-order valence-corrected chi connectivity index (χ1v) is 3.63. The van der Waals surface area contributed by atoms with E-state index in [1.165, 1.54) is 0 Å². The molecule has 0 rings (SSSR count). The van der Waals surface area contributed by atoms with E-state index < -0.39 is 0 Å². The average molecular weight is 149 g/mol. The van der Waals surface area contributed by atoms with E-state index in [2.05, 4.69) is 0 Å². The van der Waals surface area contributed by atoms with Crippen molar-refractivity contribution < 1.29 is 9.50 Å². The Bertz CT molecular complexity index is 72.0. The Hall–Kier alpha value is -0.150. The molecule has 0 unspecified atom stereocenters. The van der Waals surface area contributed by atoms with Crippen molar-refractivity contribution in [2.24, 2.45) is 0 Å². The summed E-state index contributed by atoms with van der Waals surface area (Å²) < 4.78 is 11.8. The molecule has 0 saturated carbocycles. The van der Waals surface area contributed by atoms with Gasteiger partial charge in [-0.25, -0.2) is 4.39 Å². The fourth-order valence-corrected chi connectivity index (χ4v) is 0.865. The van der Waals surface area contributed by atoms with Gasteiger partial charge in [-0.3, -0.25) is 4.90 Å². The van der Waals surface area contributed by atoms with Gasteiger partial charge in [-0.2, -0.15) is 0 Å². The van der Waals surface area contributed by atoms with Crippen molar-refractivity contribution in [1.29, 1.82) is 0 Å². The van der Waals surface area contributed by atoms with Crippen molar-refractivity contribution in [2.75, 3.05) is 26.4 Å². The van der Waals surface area contributed by atoms with Gasteiger partial charge in [-0.1, -0.05) is 0 Å². The second-order valence-electron chi connectivity index (χ2n) is 2.54. The topological polar surface area (TPSA) is 23.5 Å². The quantitative estimate of drug-likeness (QED) is 0.620. The zero-order valence-corrected chi connectivity index (χ0v) is 6.68. The van der Waals surface area contributed by atoms with Crippen LogP contribution in [0, 0.1) is 0 Å². The standard InChI is InChI=1S/C7H16FNO/c1-7(2)9(4-3-8)5-6-10/h7,10H,3-6H2,1-2H3. The predicted octanol–water partition coefficient (Wildman–Crippen LogP) is 0.659. The first-order valence-electron chi connectivity index (χ1n) is 3.63. The molecule has 0 amide bonds. The van der Waals surface area contributed by atoms with E-state index in [0.717, 1.165) is 0 Å². The Balaban J connectivity index is 3.50. The van der Waals surface area contributed by atoms with Crippen molar-refractivity contribution in [3.05, 3.63) is 0 Å². The highest BCUT2D eigenvalue weighted by Gasteiger charge is 2.06. The molecule has 0 spiro atoms. The lowest BCUT2D eigenvalue weighted by atomic mass is 10.3. The second kappa shape index (κ2) is 5.62. The Morgan fingerprint density at radius 3 is 2.30 bits per heavy atom. The molecule has 0 aromatic heterocycles. The van der Waals surface area contributed by atoms with E-state index in [1.807, 2.05) is 18.7 Å². The Morgan fingerprint density at radius 1 is 1.40 bits per heavy atom. The maximum atomic E-state index is 11.8. The van der Waals surface area contributed by atoms with Gasteiger partial charge < -0.3 is 5.11 Å². The van der Waals surface area contributed by atoms with Crippen molar-refractivity contribution in [3.63, 3.8) is 0 Å². The van der Waals surface area contributed by atoms with Crippen LogP contribution < -0.4 is 0 Å². The van der Waals surface area contributed by atoms with E-state index in [1.54, 1.807) is 0 Å². The highest BCUT2D eigenvalue weighted by atomic mass is 19.1. The van der Waals surface area contributed by atoms with Crippen molar-refractivity contribution >= 4 is 0 Å². The summed E-state index contributed by atoms with van der Waals surface area (Å²) in [4.78, 5) is 1.90. The van der Waals surface area contributed by atoms with Gasteiger partial charge in [0.15, 0.2) is 0 Å². The molecule has 10 heavy (non-hydrogen) atoms. The van der Waals surface area contributed by atoms with Crippen molar-refractivity contribution in [3.8, 4) is 0 Å². The number of aliphatic hydroxyl groups excluding tert-OH is 1. The fraction of sp³-hybridized carbons (Fsp3) is 1.00. The normalized spacial score (nSPS) is 11.4. The minimum absolute atomic E-state index is 0.109. The minimum atomic E-state index is -0.335. The minimum Gasteiger partial charge on any atom is -0.395 e.